The molecule has 0 saturated carbocycles. The molecule has 138 valence electrons. The van der Waals surface area contributed by atoms with E-state index in [0.717, 1.165) is 17.0 Å². The summed E-state index contributed by atoms with van der Waals surface area (Å²) in [4.78, 5) is 16.2. The maximum absolute atomic E-state index is 12.6. The van der Waals surface area contributed by atoms with Gasteiger partial charge >= 0.3 is 0 Å². The Labute approximate surface area is 163 Å². The number of rotatable bonds is 5. The van der Waals surface area contributed by atoms with Crippen LogP contribution in [0.25, 0.3) is 10.4 Å². The van der Waals surface area contributed by atoms with Gasteiger partial charge in [0.15, 0.2) is 0 Å². The number of carbonyl (C=O) groups excluding carboxylic acids is 1. The molecule has 1 aliphatic heterocycles. The van der Waals surface area contributed by atoms with Gasteiger partial charge in [0.1, 0.15) is 0 Å². The van der Waals surface area contributed by atoms with Crippen molar-refractivity contribution in [1.29, 1.82) is 0 Å². The van der Waals surface area contributed by atoms with Gasteiger partial charge < -0.3 is 11.1 Å². The Balaban J connectivity index is 1.46. The number of nitrogens with two attached hydrogens (primary N) is 1. The molecule has 0 radical (unpaired) electrons. The first kappa shape index (κ1) is 17.8. The number of thiophene rings is 1. The predicted molar refractivity (Wildman–Crippen MR) is 113 cm³/mol. The molecule has 0 spiro atoms. The first-order valence-electron chi connectivity index (χ1n) is 9.25. The number of amides is 1. The number of nitrogens with zero attached hydrogens (tertiary/aromatic N) is 1. The third kappa shape index (κ3) is 4.21. The van der Waals surface area contributed by atoms with E-state index in [1.165, 1.54) is 31.5 Å². The van der Waals surface area contributed by atoms with E-state index in [1.54, 1.807) is 11.3 Å². The van der Waals surface area contributed by atoms with E-state index in [4.69, 9.17) is 5.73 Å². The van der Waals surface area contributed by atoms with Gasteiger partial charge in [0.25, 0.3) is 5.91 Å². The Morgan fingerprint density at radius 3 is 2.56 bits per heavy atom. The van der Waals surface area contributed by atoms with E-state index in [2.05, 4.69) is 16.3 Å². The van der Waals surface area contributed by atoms with E-state index in [-0.39, 0.29) is 5.91 Å². The van der Waals surface area contributed by atoms with Crippen molar-refractivity contribution in [3.63, 3.8) is 0 Å². The SMILES string of the molecule is Nc1ccc(-c2cccs2)cc1NC(=O)c1ccc(CN2CCCC2)cc1. The molecule has 2 aromatic carbocycles. The van der Waals surface area contributed by atoms with Crippen LogP contribution in [0, 0.1) is 0 Å². The first-order valence-corrected chi connectivity index (χ1v) is 10.1. The standard InChI is InChI=1S/C22H23N3OS/c23-19-10-9-18(21-4-3-13-27-21)14-20(19)24-22(26)17-7-5-16(6-8-17)15-25-11-1-2-12-25/h3-10,13-14H,1-2,11-12,15,23H2,(H,24,26). The number of hydrogen-bond donors (Lipinski definition) is 2. The molecule has 4 nitrogen and oxygen atoms in total. The van der Waals surface area contributed by atoms with Crippen LogP contribution in [-0.4, -0.2) is 23.9 Å². The van der Waals surface area contributed by atoms with E-state index in [0.29, 0.717) is 16.9 Å². The molecule has 0 atom stereocenters. The highest BCUT2D eigenvalue weighted by Crippen LogP contribution is 2.30. The normalized spacial score (nSPS) is 14.4. The molecule has 1 aliphatic rings. The van der Waals surface area contributed by atoms with Crippen molar-refractivity contribution in [2.24, 2.45) is 0 Å². The van der Waals surface area contributed by atoms with Crippen LogP contribution >= 0.6 is 11.3 Å². The van der Waals surface area contributed by atoms with Gasteiger partial charge in [-0.05, 0) is 72.8 Å². The van der Waals surface area contributed by atoms with Gasteiger partial charge in [0.05, 0.1) is 11.4 Å². The molecule has 1 amide bonds. The maximum Gasteiger partial charge on any atom is 0.255 e. The highest BCUT2D eigenvalue weighted by atomic mass is 32.1. The van der Waals surface area contributed by atoms with Crippen molar-refractivity contribution in [3.8, 4) is 10.4 Å². The summed E-state index contributed by atoms with van der Waals surface area (Å²) in [6.07, 6.45) is 2.57. The largest absolute Gasteiger partial charge is 0.397 e. The molecule has 3 aromatic rings. The first-order chi connectivity index (χ1) is 13.2. The van der Waals surface area contributed by atoms with Crippen LogP contribution in [0.15, 0.2) is 60.0 Å². The summed E-state index contributed by atoms with van der Waals surface area (Å²) in [5, 5.41) is 4.99. The number of hydrogen-bond acceptors (Lipinski definition) is 4. The van der Waals surface area contributed by atoms with Gasteiger partial charge in [-0.3, -0.25) is 9.69 Å². The van der Waals surface area contributed by atoms with Crippen molar-refractivity contribution < 1.29 is 4.79 Å². The quantitative estimate of drug-likeness (QED) is 0.625. The van der Waals surface area contributed by atoms with Gasteiger partial charge in [0, 0.05) is 17.0 Å². The van der Waals surface area contributed by atoms with Gasteiger partial charge in [0.2, 0.25) is 0 Å². The number of likely N-dealkylation sites (tertiary alicyclic amines) is 1. The highest BCUT2D eigenvalue weighted by Gasteiger charge is 2.13. The van der Waals surface area contributed by atoms with Crippen LogP contribution in [0.1, 0.15) is 28.8 Å². The van der Waals surface area contributed by atoms with Crippen molar-refractivity contribution in [1.82, 2.24) is 4.90 Å². The maximum atomic E-state index is 12.6. The number of nitrogen functional groups attached to an aromatic ring is 1. The van der Waals surface area contributed by atoms with Gasteiger partial charge in [-0.2, -0.15) is 0 Å². The van der Waals surface area contributed by atoms with Gasteiger partial charge in [-0.1, -0.05) is 24.3 Å². The number of nitrogens with one attached hydrogen (secondary N) is 1. The Hall–Kier alpha value is -2.63. The summed E-state index contributed by atoms with van der Waals surface area (Å²) >= 11 is 1.66. The van der Waals surface area contributed by atoms with Crippen molar-refractivity contribution in [3.05, 3.63) is 71.1 Å². The molecule has 1 fully saturated rings. The summed E-state index contributed by atoms with van der Waals surface area (Å²) in [5.41, 5.74) is 10.2. The zero-order chi connectivity index (χ0) is 18.6. The lowest BCUT2D eigenvalue weighted by atomic mass is 10.1. The Bertz CT molecular complexity index is 913. The van der Waals surface area contributed by atoms with Crippen LogP contribution in [0.5, 0.6) is 0 Å². The second-order valence-electron chi connectivity index (χ2n) is 6.91. The molecule has 0 bridgehead atoms. The predicted octanol–water partition coefficient (Wildman–Crippen LogP) is 4.85. The Morgan fingerprint density at radius 1 is 1.07 bits per heavy atom. The van der Waals surface area contributed by atoms with E-state index in [9.17, 15) is 4.79 Å². The molecule has 0 aliphatic carbocycles. The summed E-state index contributed by atoms with van der Waals surface area (Å²) in [7, 11) is 0. The lowest BCUT2D eigenvalue weighted by molar-refractivity contribution is 0.102. The molecule has 27 heavy (non-hydrogen) atoms. The Kier molecular flexibility index (Phi) is 5.23. The van der Waals surface area contributed by atoms with E-state index in [1.807, 2.05) is 53.9 Å². The van der Waals surface area contributed by atoms with Crippen LogP contribution in [0.3, 0.4) is 0 Å². The fraction of sp³-hybridized carbons (Fsp3) is 0.227. The van der Waals surface area contributed by atoms with E-state index < -0.39 is 0 Å². The summed E-state index contributed by atoms with van der Waals surface area (Å²) in [6.45, 7) is 3.29. The monoisotopic (exact) mass is 377 g/mol. The average Bonchev–Trinajstić information content (AvgIpc) is 3.38. The molecule has 5 heteroatoms. The number of anilines is 2. The highest BCUT2D eigenvalue weighted by molar-refractivity contribution is 7.13. The van der Waals surface area contributed by atoms with Gasteiger partial charge in [-0.25, -0.2) is 0 Å². The fourth-order valence-corrected chi connectivity index (χ4v) is 4.14. The average molecular weight is 378 g/mol. The number of benzene rings is 2. The van der Waals surface area contributed by atoms with Crippen LogP contribution in [0.2, 0.25) is 0 Å². The summed E-state index contributed by atoms with van der Waals surface area (Å²) < 4.78 is 0. The molecular formula is C22H23N3OS. The number of carbonyl (C=O) groups is 1. The van der Waals surface area contributed by atoms with Gasteiger partial charge in [-0.15, -0.1) is 11.3 Å². The molecule has 1 saturated heterocycles. The third-order valence-electron chi connectivity index (χ3n) is 4.93. The minimum Gasteiger partial charge on any atom is -0.397 e. The second-order valence-corrected chi connectivity index (χ2v) is 7.86. The Morgan fingerprint density at radius 2 is 1.85 bits per heavy atom. The van der Waals surface area contributed by atoms with Crippen LogP contribution < -0.4 is 11.1 Å². The lowest BCUT2D eigenvalue weighted by Crippen LogP contribution is -2.18. The molecule has 1 aromatic heterocycles. The third-order valence-corrected chi connectivity index (χ3v) is 5.85. The topological polar surface area (TPSA) is 58.4 Å². The second kappa shape index (κ2) is 7.94. The summed E-state index contributed by atoms with van der Waals surface area (Å²) in [6, 6.07) is 17.7. The minimum atomic E-state index is -0.141. The smallest absolute Gasteiger partial charge is 0.255 e. The molecule has 3 N–H and O–H groups in total. The molecule has 4 rings (SSSR count). The fourth-order valence-electron chi connectivity index (χ4n) is 3.42. The van der Waals surface area contributed by atoms with Crippen molar-refractivity contribution in [2.45, 2.75) is 19.4 Å². The molecular weight excluding hydrogens is 354 g/mol. The molecule has 2 heterocycles. The minimum absolute atomic E-state index is 0.141. The van der Waals surface area contributed by atoms with E-state index >= 15 is 0 Å². The zero-order valence-electron chi connectivity index (χ0n) is 15.2. The van der Waals surface area contributed by atoms with Crippen molar-refractivity contribution >= 4 is 28.6 Å². The van der Waals surface area contributed by atoms with Crippen molar-refractivity contribution in [2.75, 3.05) is 24.1 Å². The van der Waals surface area contributed by atoms with Crippen LogP contribution in [0.4, 0.5) is 11.4 Å². The zero-order valence-corrected chi connectivity index (χ0v) is 16.0. The summed E-state index contributed by atoms with van der Waals surface area (Å²) in [5.74, 6) is -0.141. The van der Waals surface area contributed by atoms with Crippen LogP contribution in [-0.2, 0) is 6.54 Å². The molecule has 0 unspecified atom stereocenters. The lowest BCUT2D eigenvalue weighted by Gasteiger charge is -2.15.